The molecule has 0 spiro atoms. The van der Waals surface area contributed by atoms with Gasteiger partial charge >= 0.3 is 0 Å². The van der Waals surface area contributed by atoms with Crippen LogP contribution in [0.5, 0.6) is 0 Å². The summed E-state index contributed by atoms with van der Waals surface area (Å²) in [6, 6.07) is 1.21. The van der Waals surface area contributed by atoms with Crippen LogP contribution >= 0.6 is 11.6 Å². The van der Waals surface area contributed by atoms with E-state index < -0.39 is 0 Å². The number of amides is 1. The molecule has 0 unspecified atom stereocenters. The van der Waals surface area contributed by atoms with Crippen molar-refractivity contribution in [2.45, 2.75) is 19.9 Å². The van der Waals surface area contributed by atoms with E-state index in [1.54, 1.807) is 14.1 Å². The van der Waals surface area contributed by atoms with Crippen molar-refractivity contribution in [2.75, 3.05) is 14.1 Å². The van der Waals surface area contributed by atoms with Crippen molar-refractivity contribution >= 4 is 17.5 Å². The van der Waals surface area contributed by atoms with E-state index in [2.05, 4.69) is 4.98 Å². The van der Waals surface area contributed by atoms with E-state index in [1.807, 2.05) is 6.92 Å². The number of aromatic nitrogens is 2. The highest BCUT2D eigenvalue weighted by Gasteiger charge is 2.11. The third kappa shape index (κ3) is 2.82. The molecule has 88 valence electrons. The number of hydrogen-bond acceptors (Lipinski definition) is 3. The predicted molar refractivity (Wildman–Crippen MR) is 61.6 cm³/mol. The molecule has 0 radical (unpaired) electrons. The van der Waals surface area contributed by atoms with Gasteiger partial charge in [0.2, 0.25) is 5.91 Å². The van der Waals surface area contributed by atoms with Crippen molar-refractivity contribution < 1.29 is 4.79 Å². The monoisotopic (exact) mass is 243 g/mol. The Balaban J connectivity index is 3.13. The Morgan fingerprint density at radius 1 is 1.56 bits per heavy atom. The van der Waals surface area contributed by atoms with Gasteiger partial charge < -0.3 is 4.90 Å². The maximum atomic E-state index is 11.6. The van der Waals surface area contributed by atoms with Crippen LogP contribution in [-0.4, -0.2) is 34.5 Å². The summed E-state index contributed by atoms with van der Waals surface area (Å²) in [6.07, 6.45) is 0.552. The van der Waals surface area contributed by atoms with Crippen LogP contribution in [0, 0.1) is 0 Å². The number of nitrogens with zero attached hydrogens (tertiary/aromatic N) is 3. The lowest BCUT2D eigenvalue weighted by Gasteiger charge is -2.14. The quantitative estimate of drug-likeness (QED) is 0.729. The lowest BCUT2D eigenvalue weighted by Crippen LogP contribution is -2.33. The summed E-state index contributed by atoms with van der Waals surface area (Å²) in [5.74, 6) is 0.369. The topological polar surface area (TPSA) is 55.2 Å². The second-order valence-electron chi connectivity index (χ2n) is 3.56. The fraction of sp³-hybridized carbons (Fsp3) is 0.500. The van der Waals surface area contributed by atoms with Gasteiger partial charge in [-0.25, -0.2) is 4.98 Å². The average molecular weight is 244 g/mol. The lowest BCUT2D eigenvalue weighted by molar-refractivity contribution is -0.129. The van der Waals surface area contributed by atoms with Gasteiger partial charge in [0.15, 0.2) is 0 Å². The Hall–Kier alpha value is -1.36. The molecule has 1 heterocycles. The fourth-order valence-electron chi connectivity index (χ4n) is 1.24. The van der Waals surface area contributed by atoms with Gasteiger partial charge in [-0.05, 0) is 0 Å². The molecule has 1 aromatic rings. The van der Waals surface area contributed by atoms with E-state index in [-0.39, 0.29) is 23.2 Å². The molecule has 0 aliphatic heterocycles. The van der Waals surface area contributed by atoms with Gasteiger partial charge in [0.25, 0.3) is 5.56 Å². The zero-order chi connectivity index (χ0) is 12.3. The molecule has 5 nitrogen and oxygen atoms in total. The van der Waals surface area contributed by atoms with Crippen LogP contribution in [0.1, 0.15) is 12.7 Å². The Morgan fingerprint density at radius 3 is 2.69 bits per heavy atom. The molecule has 0 bridgehead atoms. The first kappa shape index (κ1) is 12.7. The van der Waals surface area contributed by atoms with Gasteiger partial charge in [0, 0.05) is 26.6 Å². The molecule has 1 rings (SSSR count). The molecule has 1 aromatic heterocycles. The average Bonchev–Trinajstić information content (AvgIpc) is 2.21. The molecule has 16 heavy (non-hydrogen) atoms. The summed E-state index contributed by atoms with van der Waals surface area (Å²) in [6.45, 7) is 1.86. The maximum Gasteiger partial charge on any atom is 0.255 e. The first-order chi connectivity index (χ1) is 7.45. The molecular weight excluding hydrogens is 230 g/mol. The first-order valence-electron chi connectivity index (χ1n) is 4.92. The molecule has 0 fully saturated rings. The number of aryl methyl sites for hydroxylation is 1. The van der Waals surface area contributed by atoms with Crippen LogP contribution < -0.4 is 5.56 Å². The number of carbonyl (C=O) groups is 1. The number of likely N-dealkylation sites (N-methyl/N-ethyl adjacent to an activating group) is 1. The van der Waals surface area contributed by atoms with Crippen molar-refractivity contribution in [1.82, 2.24) is 14.5 Å². The van der Waals surface area contributed by atoms with Gasteiger partial charge in [-0.1, -0.05) is 18.5 Å². The standard InChI is InChI=1S/C10H14ClN3O2/c1-4-8-12-7(11)5-9(15)14(8)6-10(16)13(2)3/h5H,4,6H2,1-3H3. The van der Waals surface area contributed by atoms with Gasteiger partial charge in [-0.15, -0.1) is 0 Å². The van der Waals surface area contributed by atoms with E-state index in [4.69, 9.17) is 11.6 Å². The summed E-state index contributed by atoms with van der Waals surface area (Å²) < 4.78 is 1.34. The lowest BCUT2D eigenvalue weighted by atomic mass is 10.4. The largest absolute Gasteiger partial charge is 0.347 e. The van der Waals surface area contributed by atoms with Crippen LogP contribution in [0.15, 0.2) is 10.9 Å². The molecule has 0 atom stereocenters. The first-order valence-corrected chi connectivity index (χ1v) is 5.30. The van der Waals surface area contributed by atoms with Gasteiger partial charge in [-0.3, -0.25) is 14.2 Å². The van der Waals surface area contributed by atoms with Crippen LogP contribution in [0.4, 0.5) is 0 Å². The number of hydrogen-bond donors (Lipinski definition) is 0. The molecule has 0 aliphatic rings. The maximum absolute atomic E-state index is 11.6. The molecule has 0 saturated heterocycles. The minimum Gasteiger partial charge on any atom is -0.347 e. The Kier molecular flexibility index (Phi) is 4.06. The summed E-state index contributed by atoms with van der Waals surface area (Å²) in [4.78, 5) is 28.6. The van der Waals surface area contributed by atoms with E-state index in [1.165, 1.54) is 15.5 Å². The minimum absolute atomic E-state index is 0.000818. The van der Waals surface area contributed by atoms with Gasteiger partial charge in [0.1, 0.15) is 17.5 Å². The van der Waals surface area contributed by atoms with Gasteiger partial charge in [0.05, 0.1) is 0 Å². The normalized spacial score (nSPS) is 10.2. The molecule has 0 aliphatic carbocycles. The van der Waals surface area contributed by atoms with E-state index in [0.717, 1.165) is 0 Å². The van der Waals surface area contributed by atoms with Gasteiger partial charge in [-0.2, -0.15) is 0 Å². The van der Waals surface area contributed by atoms with Crippen molar-refractivity contribution in [3.63, 3.8) is 0 Å². The van der Waals surface area contributed by atoms with E-state index in [0.29, 0.717) is 12.2 Å². The van der Waals surface area contributed by atoms with Crippen molar-refractivity contribution in [3.05, 3.63) is 27.4 Å². The second kappa shape index (κ2) is 5.12. The highest BCUT2D eigenvalue weighted by atomic mass is 35.5. The zero-order valence-corrected chi connectivity index (χ0v) is 10.3. The van der Waals surface area contributed by atoms with Crippen molar-refractivity contribution in [2.24, 2.45) is 0 Å². The van der Waals surface area contributed by atoms with Crippen LogP contribution in [0.3, 0.4) is 0 Å². The van der Waals surface area contributed by atoms with Crippen molar-refractivity contribution in [3.8, 4) is 0 Å². The van der Waals surface area contributed by atoms with E-state index in [9.17, 15) is 9.59 Å². The van der Waals surface area contributed by atoms with Crippen LogP contribution in [0.25, 0.3) is 0 Å². The minimum atomic E-state index is -0.299. The smallest absolute Gasteiger partial charge is 0.255 e. The number of carbonyl (C=O) groups excluding carboxylic acids is 1. The third-order valence-corrected chi connectivity index (χ3v) is 2.36. The zero-order valence-electron chi connectivity index (χ0n) is 9.53. The fourth-order valence-corrected chi connectivity index (χ4v) is 1.43. The number of rotatable bonds is 3. The molecule has 0 aromatic carbocycles. The Morgan fingerprint density at radius 2 is 2.19 bits per heavy atom. The van der Waals surface area contributed by atoms with Crippen LogP contribution in [0.2, 0.25) is 5.15 Å². The summed E-state index contributed by atoms with van der Waals surface area (Å²) >= 11 is 5.68. The van der Waals surface area contributed by atoms with E-state index >= 15 is 0 Å². The Bertz CT molecular complexity index is 454. The van der Waals surface area contributed by atoms with Crippen molar-refractivity contribution in [1.29, 1.82) is 0 Å². The Labute approximate surface area is 98.7 Å². The molecular formula is C10H14ClN3O2. The highest BCUT2D eigenvalue weighted by Crippen LogP contribution is 2.03. The molecule has 6 heteroatoms. The third-order valence-electron chi connectivity index (χ3n) is 2.16. The summed E-state index contributed by atoms with van der Waals surface area (Å²) in [7, 11) is 3.28. The highest BCUT2D eigenvalue weighted by molar-refractivity contribution is 6.29. The van der Waals surface area contributed by atoms with Crippen LogP contribution in [-0.2, 0) is 17.8 Å². The number of halogens is 1. The summed E-state index contributed by atoms with van der Waals surface area (Å²) in [5, 5.41) is 0.162. The molecule has 1 amide bonds. The SMILES string of the molecule is CCc1nc(Cl)cc(=O)n1CC(=O)N(C)C. The summed E-state index contributed by atoms with van der Waals surface area (Å²) in [5.41, 5.74) is -0.299. The second-order valence-corrected chi connectivity index (χ2v) is 3.95. The molecule has 0 saturated carbocycles. The predicted octanol–water partition coefficient (Wildman–Crippen LogP) is 0.547. The molecule has 0 N–H and O–H groups in total.